The second-order valence-corrected chi connectivity index (χ2v) is 11.9. The van der Waals surface area contributed by atoms with Crippen LogP contribution in [0.3, 0.4) is 0 Å². The van der Waals surface area contributed by atoms with Crippen LogP contribution in [0.25, 0.3) is 0 Å². The zero-order valence-electron chi connectivity index (χ0n) is 26.6. The number of ketones is 1. The molecule has 2 fully saturated rings. The van der Waals surface area contributed by atoms with Gasteiger partial charge in [0.05, 0.1) is 7.11 Å². The second kappa shape index (κ2) is 16.4. The number of aliphatic hydroxyl groups is 1. The number of unbranched alkanes of at least 4 members (excludes halogenated alkanes) is 2. The average Bonchev–Trinajstić information content (AvgIpc) is 3.52. The first-order valence-electron chi connectivity index (χ1n) is 15.6. The Morgan fingerprint density at radius 3 is 2.40 bits per heavy atom. The van der Waals surface area contributed by atoms with Crippen molar-refractivity contribution in [3.8, 4) is 5.75 Å². The van der Waals surface area contributed by atoms with Gasteiger partial charge in [-0.3, -0.25) is 24.0 Å². The molecule has 0 aliphatic carbocycles. The van der Waals surface area contributed by atoms with Gasteiger partial charge in [0.25, 0.3) is 0 Å². The lowest BCUT2D eigenvalue weighted by Crippen LogP contribution is -2.65. The third kappa shape index (κ3) is 9.74. The molecule has 45 heavy (non-hydrogen) atoms. The lowest BCUT2D eigenvalue weighted by Gasteiger charge is -2.36. The number of ether oxygens (including phenoxy) is 2. The minimum Gasteiger partial charge on any atom is -0.482 e. The summed E-state index contributed by atoms with van der Waals surface area (Å²) in [5, 5.41) is 17.9. The van der Waals surface area contributed by atoms with Crippen molar-refractivity contribution in [1.82, 2.24) is 20.9 Å². The monoisotopic (exact) mass is 630 g/mol. The summed E-state index contributed by atoms with van der Waals surface area (Å²) < 4.78 is 9.97. The topological polar surface area (TPSA) is 180 Å². The molecule has 4 amide bonds. The van der Waals surface area contributed by atoms with E-state index in [1.54, 1.807) is 38.1 Å². The van der Waals surface area contributed by atoms with Gasteiger partial charge in [-0.15, -0.1) is 0 Å². The predicted octanol–water partition coefficient (Wildman–Crippen LogP) is 0.940. The number of carbonyl (C=O) groups is 6. The van der Waals surface area contributed by atoms with Gasteiger partial charge >= 0.3 is 5.97 Å². The molecule has 2 saturated heterocycles. The first-order valence-corrected chi connectivity index (χ1v) is 15.6. The first kappa shape index (κ1) is 35.5. The Balaban J connectivity index is 1.79. The summed E-state index contributed by atoms with van der Waals surface area (Å²) in [6, 6.07) is 4.01. The minimum absolute atomic E-state index is 0.126. The lowest BCUT2D eigenvalue weighted by molar-refractivity contribution is -0.144. The van der Waals surface area contributed by atoms with Gasteiger partial charge in [0.1, 0.15) is 35.5 Å². The largest absolute Gasteiger partial charge is 0.482 e. The highest BCUT2D eigenvalue weighted by Crippen LogP contribution is 2.23. The number of methoxy groups -OCH3 is 1. The molecule has 3 rings (SSSR count). The van der Waals surface area contributed by atoms with E-state index in [2.05, 4.69) is 20.7 Å². The average molecular weight is 631 g/mol. The minimum atomic E-state index is -1.36. The molecule has 1 aromatic rings. The molecule has 1 aromatic carbocycles. The standard InChI is InChI=1S/C32H46N4O9/c1-5-32(3)31(43)34-24(18-21-13-15-22(16-14-21)45-19-27(39)44-4)30(42)36-17-9-11-25(36)29(41)33-23(28(40)35-32)10-7-6-8-12-26(38)20(2)37/h13-16,20,23-25,37H,5-12,17-19H2,1-4H3,(H,33,41)(H,34,43)(H,35,40)/t20-,23+,24+,25-,32+/m1/s1. The smallest absolute Gasteiger partial charge is 0.343 e. The summed E-state index contributed by atoms with van der Waals surface area (Å²) in [4.78, 5) is 79.2. The summed E-state index contributed by atoms with van der Waals surface area (Å²) in [7, 11) is 1.26. The van der Waals surface area contributed by atoms with Gasteiger partial charge in [0.15, 0.2) is 12.4 Å². The van der Waals surface area contributed by atoms with E-state index in [9.17, 15) is 33.9 Å². The fourth-order valence-electron chi connectivity index (χ4n) is 5.41. The first-order chi connectivity index (χ1) is 21.4. The zero-order chi connectivity index (χ0) is 33.1. The number of amides is 4. The number of Topliss-reactive ketones (excluding diaryl/α,β-unsaturated/α-hetero) is 1. The number of aliphatic hydroxyl groups excluding tert-OH is 1. The fraction of sp³-hybridized carbons (Fsp3) is 0.625. The molecule has 2 aliphatic heterocycles. The highest BCUT2D eigenvalue weighted by molar-refractivity contribution is 5.99. The molecule has 0 saturated carbocycles. The van der Waals surface area contributed by atoms with Crippen molar-refractivity contribution in [2.24, 2.45) is 0 Å². The molecule has 0 bridgehead atoms. The van der Waals surface area contributed by atoms with Crippen molar-refractivity contribution in [3.05, 3.63) is 29.8 Å². The van der Waals surface area contributed by atoms with Crippen molar-refractivity contribution in [2.45, 2.75) is 108 Å². The highest BCUT2D eigenvalue weighted by Gasteiger charge is 2.43. The summed E-state index contributed by atoms with van der Waals surface area (Å²) in [5.74, 6) is -2.19. The van der Waals surface area contributed by atoms with Gasteiger partial charge < -0.3 is 35.4 Å². The Bertz CT molecular complexity index is 1240. The number of nitrogens with zero attached hydrogens (tertiary/aromatic N) is 1. The molecule has 4 N–H and O–H groups in total. The Morgan fingerprint density at radius 1 is 1.04 bits per heavy atom. The van der Waals surface area contributed by atoms with E-state index in [0.29, 0.717) is 50.0 Å². The van der Waals surface area contributed by atoms with Crippen molar-refractivity contribution in [2.75, 3.05) is 20.3 Å². The molecule has 248 valence electrons. The Kier molecular flexibility index (Phi) is 12.9. The number of benzene rings is 1. The maximum atomic E-state index is 13.9. The number of hydrogen-bond acceptors (Lipinski definition) is 9. The third-order valence-electron chi connectivity index (χ3n) is 8.51. The summed E-state index contributed by atoms with van der Waals surface area (Å²) >= 11 is 0. The third-order valence-corrected chi connectivity index (χ3v) is 8.51. The number of hydrogen-bond donors (Lipinski definition) is 4. The molecule has 2 heterocycles. The molecular weight excluding hydrogens is 584 g/mol. The van der Waals surface area contributed by atoms with E-state index >= 15 is 0 Å². The number of esters is 1. The van der Waals surface area contributed by atoms with Gasteiger partial charge in [0.2, 0.25) is 23.6 Å². The van der Waals surface area contributed by atoms with Crippen LogP contribution in [0.2, 0.25) is 0 Å². The quantitative estimate of drug-likeness (QED) is 0.182. The van der Waals surface area contributed by atoms with E-state index in [0.717, 1.165) is 0 Å². The fourth-order valence-corrected chi connectivity index (χ4v) is 5.41. The van der Waals surface area contributed by atoms with Crippen LogP contribution in [0.4, 0.5) is 0 Å². The molecule has 13 nitrogen and oxygen atoms in total. The van der Waals surface area contributed by atoms with E-state index in [1.807, 2.05) is 0 Å². The van der Waals surface area contributed by atoms with Crippen LogP contribution >= 0.6 is 0 Å². The molecular formula is C32H46N4O9. The van der Waals surface area contributed by atoms with Crippen molar-refractivity contribution in [3.63, 3.8) is 0 Å². The van der Waals surface area contributed by atoms with E-state index < -0.39 is 59.4 Å². The van der Waals surface area contributed by atoms with E-state index in [-0.39, 0.29) is 38.1 Å². The van der Waals surface area contributed by atoms with Crippen LogP contribution in [-0.2, 0) is 39.9 Å². The van der Waals surface area contributed by atoms with Crippen LogP contribution in [0.1, 0.15) is 77.7 Å². The van der Waals surface area contributed by atoms with Crippen molar-refractivity contribution in [1.29, 1.82) is 0 Å². The van der Waals surface area contributed by atoms with Crippen LogP contribution in [-0.4, -0.2) is 95.4 Å². The summed E-state index contributed by atoms with van der Waals surface area (Å²) in [5.41, 5.74) is -0.652. The highest BCUT2D eigenvalue weighted by atomic mass is 16.6. The number of carbonyl (C=O) groups excluding carboxylic acids is 6. The van der Waals surface area contributed by atoms with E-state index in [4.69, 9.17) is 4.74 Å². The molecule has 5 atom stereocenters. The normalized spacial score (nSPS) is 24.7. The zero-order valence-corrected chi connectivity index (χ0v) is 26.6. The summed E-state index contributed by atoms with van der Waals surface area (Å²) in [6.45, 7) is 4.84. The SMILES string of the molecule is CC[C@]1(C)NC(=O)[C@H](CCCCCC(=O)[C@@H](C)O)NC(=O)[C@H]2CCCN2C(=O)[C@H](Cc2ccc(OCC(=O)OC)cc2)NC1=O. The van der Waals surface area contributed by atoms with Gasteiger partial charge in [-0.25, -0.2) is 4.79 Å². The molecule has 0 spiro atoms. The maximum absolute atomic E-state index is 13.9. The Morgan fingerprint density at radius 2 is 1.76 bits per heavy atom. The number of fused-ring (bicyclic) bond motifs is 1. The van der Waals surface area contributed by atoms with Gasteiger partial charge in [-0.05, 0) is 63.6 Å². The molecule has 0 radical (unpaired) electrons. The van der Waals surface area contributed by atoms with E-state index in [1.165, 1.54) is 18.9 Å². The van der Waals surface area contributed by atoms with Crippen LogP contribution in [0, 0.1) is 0 Å². The second-order valence-electron chi connectivity index (χ2n) is 11.9. The van der Waals surface area contributed by atoms with Gasteiger partial charge in [0, 0.05) is 19.4 Å². The summed E-state index contributed by atoms with van der Waals surface area (Å²) in [6.07, 6.45) is 2.54. The Labute approximate surface area is 263 Å². The van der Waals surface area contributed by atoms with Gasteiger partial charge in [-0.1, -0.05) is 31.9 Å². The van der Waals surface area contributed by atoms with Crippen molar-refractivity contribution < 1.29 is 43.3 Å². The maximum Gasteiger partial charge on any atom is 0.343 e. The number of nitrogens with one attached hydrogen (secondary N) is 3. The predicted molar refractivity (Wildman–Crippen MR) is 163 cm³/mol. The lowest BCUT2D eigenvalue weighted by atomic mass is 9.94. The van der Waals surface area contributed by atoms with Crippen LogP contribution in [0.15, 0.2) is 24.3 Å². The Hall–Kier alpha value is -4.00. The molecule has 2 aliphatic rings. The van der Waals surface area contributed by atoms with Crippen molar-refractivity contribution >= 4 is 35.4 Å². The number of rotatable bonds is 13. The van der Waals surface area contributed by atoms with Crippen LogP contribution < -0.4 is 20.7 Å². The van der Waals surface area contributed by atoms with Crippen LogP contribution in [0.5, 0.6) is 5.75 Å². The molecule has 0 unspecified atom stereocenters. The molecule has 13 heteroatoms. The molecule has 0 aromatic heterocycles. The van der Waals surface area contributed by atoms with Gasteiger partial charge in [-0.2, -0.15) is 0 Å².